The second-order valence-corrected chi connectivity index (χ2v) is 4.49. The molecule has 2 aromatic carbocycles. The molecule has 0 spiro atoms. The van der Waals surface area contributed by atoms with E-state index in [9.17, 15) is 0 Å². The van der Waals surface area contributed by atoms with Gasteiger partial charge < -0.3 is 5.11 Å². The maximum atomic E-state index is 9.06. The van der Waals surface area contributed by atoms with Gasteiger partial charge in [0.25, 0.3) is 0 Å². The van der Waals surface area contributed by atoms with Gasteiger partial charge in [-0.1, -0.05) is 50.2 Å². The zero-order valence-electron chi connectivity index (χ0n) is 9.90. The molecule has 0 aliphatic heterocycles. The highest BCUT2D eigenvalue weighted by Crippen LogP contribution is 2.28. The van der Waals surface area contributed by atoms with Gasteiger partial charge in [0.1, 0.15) is 0 Å². The number of fused-ring (bicyclic) bond motifs is 1. The predicted octanol–water partition coefficient (Wildman–Crippen LogP) is 3.50. The van der Waals surface area contributed by atoms with Crippen molar-refractivity contribution >= 4 is 10.8 Å². The van der Waals surface area contributed by atoms with Crippen LogP contribution in [-0.2, 0) is 6.42 Å². The van der Waals surface area contributed by atoms with Crippen molar-refractivity contribution in [3.63, 3.8) is 0 Å². The molecule has 84 valence electrons. The fourth-order valence-electron chi connectivity index (χ4n) is 2.23. The third-order valence-electron chi connectivity index (χ3n) is 3.05. The summed E-state index contributed by atoms with van der Waals surface area (Å²) in [6.45, 7) is 4.64. The fraction of sp³-hybridized carbons (Fsp3) is 0.333. The number of hydrogen-bond acceptors (Lipinski definition) is 1. The van der Waals surface area contributed by atoms with Gasteiger partial charge in [-0.05, 0) is 34.2 Å². The van der Waals surface area contributed by atoms with Gasteiger partial charge in [-0.25, -0.2) is 0 Å². The molecule has 1 heteroatoms. The second-order valence-electron chi connectivity index (χ2n) is 4.49. The summed E-state index contributed by atoms with van der Waals surface area (Å²) in [5.74, 6) is 0.535. The number of aliphatic hydroxyl groups excluding tert-OH is 1. The van der Waals surface area contributed by atoms with E-state index < -0.39 is 0 Å². The summed E-state index contributed by atoms with van der Waals surface area (Å²) < 4.78 is 0. The van der Waals surface area contributed by atoms with Crippen molar-refractivity contribution in [3.05, 3.63) is 47.5 Å². The highest BCUT2D eigenvalue weighted by molar-refractivity contribution is 5.89. The van der Waals surface area contributed by atoms with Crippen molar-refractivity contribution in [2.75, 3.05) is 6.61 Å². The molecular weight excluding hydrogens is 196 g/mol. The highest BCUT2D eigenvalue weighted by Gasteiger charge is 2.07. The first-order valence-corrected chi connectivity index (χ1v) is 5.85. The first kappa shape index (κ1) is 11.2. The molecule has 0 unspecified atom stereocenters. The van der Waals surface area contributed by atoms with Crippen LogP contribution in [0.25, 0.3) is 10.8 Å². The summed E-state index contributed by atoms with van der Waals surface area (Å²) in [6, 6.07) is 12.8. The minimum absolute atomic E-state index is 0.213. The normalized spacial score (nSPS) is 11.2. The number of hydrogen-bond donors (Lipinski definition) is 1. The van der Waals surface area contributed by atoms with E-state index in [1.54, 1.807) is 0 Å². The Morgan fingerprint density at radius 3 is 2.31 bits per heavy atom. The monoisotopic (exact) mass is 214 g/mol. The molecule has 1 N–H and O–H groups in total. The van der Waals surface area contributed by atoms with Crippen LogP contribution in [0.2, 0.25) is 0 Å². The molecule has 0 bridgehead atoms. The van der Waals surface area contributed by atoms with Crippen molar-refractivity contribution in [2.45, 2.75) is 26.2 Å². The van der Waals surface area contributed by atoms with Gasteiger partial charge in [0.15, 0.2) is 0 Å². The summed E-state index contributed by atoms with van der Waals surface area (Å²) in [5, 5.41) is 11.7. The summed E-state index contributed by atoms with van der Waals surface area (Å²) >= 11 is 0. The van der Waals surface area contributed by atoms with Gasteiger partial charge in [-0.3, -0.25) is 0 Å². The average Bonchev–Trinajstić information content (AvgIpc) is 2.29. The lowest BCUT2D eigenvalue weighted by molar-refractivity contribution is 0.300. The Kier molecular flexibility index (Phi) is 3.25. The molecule has 0 amide bonds. The van der Waals surface area contributed by atoms with E-state index in [4.69, 9.17) is 5.11 Å². The smallest absolute Gasteiger partial charge is 0.0471 e. The van der Waals surface area contributed by atoms with Crippen molar-refractivity contribution in [2.24, 2.45) is 0 Å². The summed E-state index contributed by atoms with van der Waals surface area (Å²) in [5.41, 5.74) is 2.62. The first-order chi connectivity index (χ1) is 7.74. The summed E-state index contributed by atoms with van der Waals surface area (Å²) in [6.07, 6.45) is 0.735. The van der Waals surface area contributed by atoms with Crippen LogP contribution in [0.5, 0.6) is 0 Å². The first-order valence-electron chi connectivity index (χ1n) is 5.85. The predicted molar refractivity (Wildman–Crippen MR) is 68.8 cm³/mol. The molecule has 0 atom stereocenters. The minimum Gasteiger partial charge on any atom is -0.396 e. The van der Waals surface area contributed by atoms with Gasteiger partial charge in [0, 0.05) is 6.61 Å². The Morgan fingerprint density at radius 1 is 1.00 bits per heavy atom. The molecule has 2 rings (SSSR count). The number of aliphatic hydroxyl groups is 1. The maximum Gasteiger partial charge on any atom is 0.0471 e. The lowest BCUT2D eigenvalue weighted by atomic mass is 9.92. The van der Waals surface area contributed by atoms with E-state index in [1.165, 1.54) is 21.9 Å². The van der Waals surface area contributed by atoms with Crippen molar-refractivity contribution < 1.29 is 5.11 Å². The largest absolute Gasteiger partial charge is 0.396 e. The van der Waals surface area contributed by atoms with Crippen molar-refractivity contribution in [1.82, 2.24) is 0 Å². The molecule has 0 heterocycles. The van der Waals surface area contributed by atoms with E-state index in [0.29, 0.717) is 5.92 Å². The molecule has 16 heavy (non-hydrogen) atoms. The lowest BCUT2D eigenvalue weighted by Gasteiger charge is -2.13. The standard InChI is InChI=1S/C15H18O/c1-11(2)13-8-7-12(9-10-16)14-5-3-4-6-15(13)14/h3-8,11,16H,9-10H2,1-2H3. The average molecular weight is 214 g/mol. The van der Waals surface area contributed by atoms with Gasteiger partial charge in [-0.2, -0.15) is 0 Å². The van der Waals surface area contributed by atoms with Crippen LogP contribution in [0, 0.1) is 0 Å². The third kappa shape index (κ3) is 1.96. The molecule has 2 aromatic rings. The van der Waals surface area contributed by atoms with Crippen LogP contribution < -0.4 is 0 Å². The van der Waals surface area contributed by atoms with Gasteiger partial charge in [0.2, 0.25) is 0 Å². The van der Waals surface area contributed by atoms with Crippen LogP contribution in [0.4, 0.5) is 0 Å². The molecule has 0 aliphatic rings. The quantitative estimate of drug-likeness (QED) is 0.829. The van der Waals surface area contributed by atoms with E-state index in [1.807, 2.05) is 0 Å². The van der Waals surface area contributed by atoms with Gasteiger partial charge in [0.05, 0.1) is 0 Å². The Bertz CT molecular complexity index is 486. The fourth-order valence-corrected chi connectivity index (χ4v) is 2.23. The maximum absolute atomic E-state index is 9.06. The number of benzene rings is 2. The van der Waals surface area contributed by atoms with E-state index >= 15 is 0 Å². The summed E-state index contributed by atoms with van der Waals surface area (Å²) in [4.78, 5) is 0. The third-order valence-corrected chi connectivity index (χ3v) is 3.05. The van der Waals surface area contributed by atoms with Crippen LogP contribution in [0.3, 0.4) is 0 Å². The van der Waals surface area contributed by atoms with Gasteiger partial charge in [-0.15, -0.1) is 0 Å². The summed E-state index contributed by atoms with van der Waals surface area (Å²) in [7, 11) is 0. The van der Waals surface area contributed by atoms with Crippen molar-refractivity contribution in [1.29, 1.82) is 0 Å². The molecule has 0 fully saturated rings. The lowest BCUT2D eigenvalue weighted by Crippen LogP contribution is -1.96. The Labute approximate surface area is 96.7 Å². The molecule has 0 aromatic heterocycles. The Hall–Kier alpha value is -1.34. The Morgan fingerprint density at radius 2 is 1.69 bits per heavy atom. The van der Waals surface area contributed by atoms with Crippen molar-refractivity contribution in [3.8, 4) is 0 Å². The van der Waals surface area contributed by atoms with Crippen LogP contribution in [0.1, 0.15) is 30.9 Å². The minimum atomic E-state index is 0.213. The molecule has 0 aliphatic carbocycles. The van der Waals surface area contributed by atoms with E-state index in [2.05, 4.69) is 50.2 Å². The SMILES string of the molecule is CC(C)c1ccc(CCO)c2ccccc12. The molecule has 0 saturated carbocycles. The molecular formula is C15H18O. The highest BCUT2D eigenvalue weighted by atomic mass is 16.2. The second kappa shape index (κ2) is 4.67. The zero-order valence-corrected chi connectivity index (χ0v) is 9.90. The zero-order chi connectivity index (χ0) is 11.5. The van der Waals surface area contributed by atoms with Crippen LogP contribution >= 0.6 is 0 Å². The van der Waals surface area contributed by atoms with E-state index in [-0.39, 0.29) is 6.61 Å². The molecule has 0 saturated heterocycles. The molecule has 0 radical (unpaired) electrons. The number of rotatable bonds is 3. The van der Waals surface area contributed by atoms with E-state index in [0.717, 1.165) is 6.42 Å². The van der Waals surface area contributed by atoms with Gasteiger partial charge >= 0.3 is 0 Å². The van der Waals surface area contributed by atoms with Crippen LogP contribution in [0.15, 0.2) is 36.4 Å². The Balaban J connectivity index is 2.67. The topological polar surface area (TPSA) is 20.2 Å². The molecule has 1 nitrogen and oxygen atoms in total. The van der Waals surface area contributed by atoms with Crippen LogP contribution in [-0.4, -0.2) is 11.7 Å².